The van der Waals surface area contributed by atoms with Gasteiger partial charge in [-0.1, -0.05) is 12.1 Å². The Morgan fingerprint density at radius 2 is 2.06 bits per heavy atom. The van der Waals surface area contributed by atoms with Gasteiger partial charge < -0.3 is 19.9 Å². The summed E-state index contributed by atoms with van der Waals surface area (Å²) in [6.45, 7) is 2.12. The summed E-state index contributed by atoms with van der Waals surface area (Å²) in [7, 11) is 0. The van der Waals surface area contributed by atoms with Crippen molar-refractivity contribution in [3.05, 3.63) is 29.3 Å². The van der Waals surface area contributed by atoms with Gasteiger partial charge in [-0.2, -0.15) is 0 Å². The minimum Gasteiger partial charge on any atom is -0.493 e. The molecule has 0 amide bonds. The third-order valence-corrected chi connectivity index (χ3v) is 3.29. The van der Waals surface area contributed by atoms with Gasteiger partial charge in [0.05, 0.1) is 19.8 Å². The number of fused-ring (bicyclic) bond motifs is 1. The van der Waals surface area contributed by atoms with Gasteiger partial charge in [0.1, 0.15) is 5.75 Å². The predicted molar refractivity (Wildman–Crippen MR) is 62.9 cm³/mol. The molecule has 1 aromatic carbocycles. The maximum absolute atomic E-state index is 6.15. The van der Waals surface area contributed by atoms with Crippen LogP contribution in [-0.2, 0) is 15.9 Å². The minimum atomic E-state index is -0.154. The highest BCUT2D eigenvalue weighted by Crippen LogP contribution is 2.29. The zero-order valence-electron chi connectivity index (χ0n) is 9.72. The summed E-state index contributed by atoms with van der Waals surface area (Å²) >= 11 is 0. The number of benzene rings is 1. The molecule has 0 radical (unpaired) electrons. The van der Waals surface area contributed by atoms with Gasteiger partial charge in [-0.25, -0.2) is 0 Å². The molecular weight excluding hydrogens is 218 g/mol. The average Bonchev–Trinajstić information content (AvgIpc) is 2.97. The first-order valence-corrected chi connectivity index (χ1v) is 6.07. The van der Waals surface area contributed by atoms with E-state index in [9.17, 15) is 0 Å². The maximum atomic E-state index is 6.15. The van der Waals surface area contributed by atoms with Gasteiger partial charge in [-0.15, -0.1) is 0 Å². The highest BCUT2D eigenvalue weighted by Gasteiger charge is 2.21. The van der Waals surface area contributed by atoms with Gasteiger partial charge in [-0.3, -0.25) is 0 Å². The van der Waals surface area contributed by atoms with Crippen LogP contribution in [0.5, 0.6) is 5.75 Å². The van der Waals surface area contributed by atoms with Crippen LogP contribution in [0, 0.1) is 0 Å². The molecule has 2 aliphatic rings. The molecule has 0 aromatic heterocycles. The fraction of sp³-hybridized carbons (Fsp3) is 0.538. The summed E-state index contributed by atoms with van der Waals surface area (Å²) < 4.78 is 16.3. The van der Waals surface area contributed by atoms with Crippen molar-refractivity contribution in [1.82, 2.24) is 0 Å². The van der Waals surface area contributed by atoms with Crippen LogP contribution in [0.1, 0.15) is 23.6 Å². The quantitative estimate of drug-likeness (QED) is 0.860. The third kappa shape index (κ3) is 2.29. The normalized spacial score (nSPS) is 21.2. The molecule has 0 spiro atoms. The molecule has 4 heteroatoms. The molecule has 0 bridgehead atoms. The van der Waals surface area contributed by atoms with Gasteiger partial charge in [0, 0.05) is 18.9 Å². The van der Waals surface area contributed by atoms with Gasteiger partial charge in [0.25, 0.3) is 0 Å². The Kier molecular flexibility index (Phi) is 3.01. The first kappa shape index (κ1) is 11.0. The number of rotatable bonds is 3. The monoisotopic (exact) mass is 235 g/mol. The first-order valence-electron chi connectivity index (χ1n) is 6.07. The lowest BCUT2D eigenvalue weighted by Crippen LogP contribution is -2.19. The van der Waals surface area contributed by atoms with Crippen molar-refractivity contribution in [3.63, 3.8) is 0 Å². The Hall–Kier alpha value is -1.10. The van der Waals surface area contributed by atoms with Crippen molar-refractivity contribution in [1.29, 1.82) is 0 Å². The zero-order valence-corrected chi connectivity index (χ0v) is 9.72. The van der Waals surface area contributed by atoms with E-state index < -0.39 is 0 Å². The van der Waals surface area contributed by atoms with E-state index >= 15 is 0 Å². The molecule has 1 atom stereocenters. The van der Waals surface area contributed by atoms with Crippen LogP contribution in [0.3, 0.4) is 0 Å². The molecule has 3 rings (SSSR count). The zero-order chi connectivity index (χ0) is 11.7. The van der Waals surface area contributed by atoms with Crippen LogP contribution < -0.4 is 10.5 Å². The number of nitrogens with two attached hydrogens (primary N) is 1. The molecule has 1 aromatic rings. The second-order valence-corrected chi connectivity index (χ2v) is 4.48. The molecule has 17 heavy (non-hydrogen) atoms. The molecule has 0 saturated carbocycles. The molecule has 1 fully saturated rings. The van der Waals surface area contributed by atoms with Crippen LogP contribution in [0.4, 0.5) is 0 Å². The molecule has 92 valence electrons. The van der Waals surface area contributed by atoms with E-state index in [4.69, 9.17) is 19.9 Å². The van der Waals surface area contributed by atoms with Crippen LogP contribution in [0.15, 0.2) is 18.2 Å². The van der Waals surface area contributed by atoms with Gasteiger partial charge in [0.15, 0.2) is 6.29 Å². The largest absolute Gasteiger partial charge is 0.493 e. The van der Waals surface area contributed by atoms with E-state index in [2.05, 4.69) is 12.1 Å². The van der Waals surface area contributed by atoms with Crippen molar-refractivity contribution < 1.29 is 14.2 Å². The Labute approximate surface area is 101 Å². The lowest BCUT2D eigenvalue weighted by atomic mass is 10.0. The van der Waals surface area contributed by atoms with Crippen LogP contribution in [0.2, 0.25) is 0 Å². The second kappa shape index (κ2) is 4.64. The van der Waals surface area contributed by atoms with Crippen molar-refractivity contribution in [2.75, 3.05) is 19.8 Å². The average molecular weight is 235 g/mol. The standard InChI is InChI=1S/C13H17NO3/c14-11(8-13-16-5-6-17-13)10-2-1-9-3-4-15-12(9)7-10/h1-2,7,11,13H,3-6,8,14H2. The Morgan fingerprint density at radius 1 is 1.24 bits per heavy atom. The predicted octanol–water partition coefficient (Wildman–Crippen LogP) is 1.38. The molecule has 1 unspecified atom stereocenters. The summed E-state index contributed by atoms with van der Waals surface area (Å²) in [5.74, 6) is 0.978. The Balaban J connectivity index is 1.70. The first-order chi connectivity index (χ1) is 8.33. The molecule has 2 N–H and O–H groups in total. The summed E-state index contributed by atoms with van der Waals surface area (Å²) in [5, 5.41) is 0. The molecule has 2 aliphatic heterocycles. The number of ether oxygens (including phenoxy) is 3. The van der Waals surface area contributed by atoms with Crippen molar-refractivity contribution in [2.45, 2.75) is 25.2 Å². The van der Waals surface area contributed by atoms with E-state index in [-0.39, 0.29) is 12.3 Å². The van der Waals surface area contributed by atoms with Crippen molar-refractivity contribution >= 4 is 0 Å². The van der Waals surface area contributed by atoms with E-state index in [1.165, 1.54) is 5.56 Å². The van der Waals surface area contributed by atoms with Gasteiger partial charge in [0.2, 0.25) is 0 Å². The second-order valence-electron chi connectivity index (χ2n) is 4.48. The Morgan fingerprint density at radius 3 is 2.88 bits per heavy atom. The van der Waals surface area contributed by atoms with Crippen molar-refractivity contribution in [2.24, 2.45) is 5.73 Å². The Bertz CT molecular complexity index is 402. The fourth-order valence-electron chi connectivity index (χ4n) is 2.30. The van der Waals surface area contributed by atoms with E-state index in [0.29, 0.717) is 19.6 Å². The van der Waals surface area contributed by atoms with Crippen LogP contribution in [0.25, 0.3) is 0 Å². The third-order valence-electron chi connectivity index (χ3n) is 3.29. The molecule has 2 heterocycles. The number of hydrogen-bond donors (Lipinski definition) is 1. The molecular formula is C13H17NO3. The van der Waals surface area contributed by atoms with E-state index in [0.717, 1.165) is 24.3 Å². The minimum absolute atomic E-state index is 0.0624. The van der Waals surface area contributed by atoms with Gasteiger partial charge >= 0.3 is 0 Å². The SMILES string of the molecule is NC(CC1OCCO1)c1ccc2c(c1)OCC2. The fourth-order valence-corrected chi connectivity index (χ4v) is 2.30. The highest BCUT2D eigenvalue weighted by molar-refractivity contribution is 5.41. The lowest BCUT2D eigenvalue weighted by Gasteiger charge is -2.16. The van der Waals surface area contributed by atoms with Gasteiger partial charge in [-0.05, 0) is 17.2 Å². The lowest BCUT2D eigenvalue weighted by molar-refractivity contribution is -0.0507. The summed E-state index contributed by atoms with van der Waals surface area (Å²) in [6, 6.07) is 6.16. The summed E-state index contributed by atoms with van der Waals surface area (Å²) in [5.41, 5.74) is 8.51. The summed E-state index contributed by atoms with van der Waals surface area (Å²) in [6.07, 6.45) is 1.54. The van der Waals surface area contributed by atoms with Crippen LogP contribution >= 0.6 is 0 Å². The molecule has 4 nitrogen and oxygen atoms in total. The van der Waals surface area contributed by atoms with Crippen molar-refractivity contribution in [3.8, 4) is 5.75 Å². The summed E-state index contributed by atoms with van der Waals surface area (Å²) in [4.78, 5) is 0. The maximum Gasteiger partial charge on any atom is 0.159 e. The topological polar surface area (TPSA) is 53.7 Å². The van der Waals surface area contributed by atoms with E-state index in [1.807, 2.05) is 6.07 Å². The molecule has 0 aliphatic carbocycles. The molecule has 1 saturated heterocycles. The van der Waals surface area contributed by atoms with E-state index in [1.54, 1.807) is 0 Å². The van der Waals surface area contributed by atoms with Crippen LogP contribution in [-0.4, -0.2) is 26.1 Å². The number of hydrogen-bond acceptors (Lipinski definition) is 4. The highest BCUT2D eigenvalue weighted by atomic mass is 16.7. The smallest absolute Gasteiger partial charge is 0.159 e.